The third-order valence-electron chi connectivity index (χ3n) is 2.20. The van der Waals surface area contributed by atoms with E-state index in [4.69, 9.17) is 0 Å². The maximum atomic E-state index is 2.50. The molecule has 0 atom stereocenters. The molecule has 66 valence electrons. The lowest BCUT2D eigenvalue weighted by Crippen LogP contribution is -2.38. The highest BCUT2D eigenvalue weighted by atomic mass is 32.2. The van der Waals surface area contributed by atoms with Crippen molar-refractivity contribution in [3.05, 3.63) is 0 Å². The highest BCUT2D eigenvalue weighted by molar-refractivity contribution is 7.97. The van der Waals surface area contributed by atoms with Gasteiger partial charge in [0.25, 0.3) is 0 Å². The summed E-state index contributed by atoms with van der Waals surface area (Å²) in [5, 5.41) is 0. The van der Waals surface area contributed by atoms with E-state index in [1.54, 1.807) is 0 Å². The predicted molar refractivity (Wildman–Crippen MR) is 52.7 cm³/mol. The van der Waals surface area contributed by atoms with Crippen molar-refractivity contribution in [2.75, 3.05) is 12.3 Å². The van der Waals surface area contributed by atoms with Crippen molar-refractivity contribution in [2.45, 2.75) is 40.2 Å². The third kappa shape index (κ3) is 2.68. The normalized spacial score (nSPS) is 25.9. The van der Waals surface area contributed by atoms with Crippen LogP contribution >= 0.6 is 11.9 Å². The van der Waals surface area contributed by atoms with Gasteiger partial charge in [0.1, 0.15) is 0 Å². The average molecular weight is 173 g/mol. The van der Waals surface area contributed by atoms with Crippen LogP contribution in [0.3, 0.4) is 0 Å². The Balaban J connectivity index is 2.46. The zero-order valence-corrected chi connectivity index (χ0v) is 8.87. The minimum absolute atomic E-state index is 0.537. The molecule has 11 heavy (non-hydrogen) atoms. The van der Waals surface area contributed by atoms with Gasteiger partial charge in [-0.25, -0.2) is 4.31 Å². The van der Waals surface area contributed by atoms with E-state index in [0.29, 0.717) is 11.5 Å². The first-order valence-electron chi connectivity index (χ1n) is 4.41. The van der Waals surface area contributed by atoms with Crippen LogP contribution in [0.25, 0.3) is 0 Å². The summed E-state index contributed by atoms with van der Waals surface area (Å²) in [6.07, 6.45) is 1.36. The van der Waals surface area contributed by atoms with Crippen LogP contribution in [0.15, 0.2) is 0 Å². The molecule has 0 amide bonds. The Morgan fingerprint density at radius 3 is 2.36 bits per heavy atom. The van der Waals surface area contributed by atoms with Gasteiger partial charge in [-0.15, -0.1) is 0 Å². The van der Waals surface area contributed by atoms with Crippen LogP contribution in [0, 0.1) is 5.41 Å². The number of hydrogen-bond donors (Lipinski definition) is 0. The highest BCUT2D eigenvalue weighted by Crippen LogP contribution is 2.33. The van der Waals surface area contributed by atoms with E-state index in [-0.39, 0.29) is 0 Å². The third-order valence-corrected chi connectivity index (χ3v) is 3.46. The van der Waals surface area contributed by atoms with E-state index in [2.05, 4.69) is 32.0 Å². The van der Waals surface area contributed by atoms with Gasteiger partial charge in [-0.3, -0.25) is 0 Å². The molecule has 0 bridgehead atoms. The molecule has 0 unspecified atom stereocenters. The Hall–Kier alpha value is 0.310. The highest BCUT2D eigenvalue weighted by Gasteiger charge is 2.27. The van der Waals surface area contributed by atoms with Crippen molar-refractivity contribution >= 4 is 11.9 Å². The quantitative estimate of drug-likeness (QED) is 0.561. The van der Waals surface area contributed by atoms with Crippen LogP contribution in [-0.2, 0) is 0 Å². The second-order valence-electron chi connectivity index (χ2n) is 4.42. The van der Waals surface area contributed by atoms with Crippen molar-refractivity contribution < 1.29 is 0 Å². The summed E-state index contributed by atoms with van der Waals surface area (Å²) in [5.41, 5.74) is 0.537. The first kappa shape index (κ1) is 9.40. The lowest BCUT2D eigenvalue weighted by Gasteiger charge is -2.39. The maximum absolute atomic E-state index is 2.50. The van der Waals surface area contributed by atoms with Crippen molar-refractivity contribution in [1.82, 2.24) is 4.31 Å². The second kappa shape index (κ2) is 3.36. The molecule has 1 heterocycles. The standard InChI is InChI=1S/C9H19NS/c1-8(2)10-7-9(3,4)5-6-11-10/h8H,5-7H2,1-4H3. The topological polar surface area (TPSA) is 3.24 Å². The molecule has 1 aliphatic heterocycles. The molecular formula is C9H19NS. The summed E-state index contributed by atoms with van der Waals surface area (Å²) in [4.78, 5) is 0. The van der Waals surface area contributed by atoms with Crippen LogP contribution in [-0.4, -0.2) is 22.6 Å². The van der Waals surface area contributed by atoms with E-state index in [1.807, 2.05) is 11.9 Å². The van der Waals surface area contributed by atoms with Crippen LogP contribution < -0.4 is 0 Å². The number of nitrogens with zero attached hydrogens (tertiary/aromatic N) is 1. The molecule has 1 saturated heterocycles. The van der Waals surface area contributed by atoms with Crippen molar-refractivity contribution in [2.24, 2.45) is 5.41 Å². The molecule has 0 N–H and O–H groups in total. The summed E-state index contributed by atoms with van der Waals surface area (Å²) in [5.74, 6) is 1.30. The molecule has 1 rings (SSSR count). The Bertz CT molecular complexity index is 132. The number of rotatable bonds is 1. The minimum atomic E-state index is 0.537. The van der Waals surface area contributed by atoms with Gasteiger partial charge < -0.3 is 0 Å². The molecule has 0 aromatic rings. The fraction of sp³-hybridized carbons (Fsp3) is 1.00. The first-order valence-corrected chi connectivity index (χ1v) is 5.35. The Labute approximate surface area is 74.7 Å². The van der Waals surface area contributed by atoms with Crippen LogP contribution in [0.4, 0.5) is 0 Å². The summed E-state index contributed by atoms with van der Waals surface area (Å²) >= 11 is 2.01. The zero-order chi connectivity index (χ0) is 8.48. The second-order valence-corrected chi connectivity index (χ2v) is 5.55. The van der Waals surface area contributed by atoms with Crippen LogP contribution in [0.2, 0.25) is 0 Å². The van der Waals surface area contributed by atoms with Gasteiger partial charge in [-0.05, 0) is 25.7 Å². The lowest BCUT2D eigenvalue weighted by molar-refractivity contribution is 0.227. The van der Waals surface area contributed by atoms with Gasteiger partial charge in [-0.2, -0.15) is 0 Å². The van der Waals surface area contributed by atoms with Crippen LogP contribution in [0.5, 0.6) is 0 Å². The van der Waals surface area contributed by atoms with Gasteiger partial charge in [0.05, 0.1) is 0 Å². The molecule has 0 aliphatic carbocycles. The molecule has 0 radical (unpaired) electrons. The van der Waals surface area contributed by atoms with E-state index < -0.39 is 0 Å². The first-order chi connectivity index (χ1) is 5.01. The van der Waals surface area contributed by atoms with Gasteiger partial charge in [0.2, 0.25) is 0 Å². The lowest BCUT2D eigenvalue weighted by atomic mass is 9.90. The minimum Gasteiger partial charge on any atom is -0.248 e. The molecular weight excluding hydrogens is 154 g/mol. The van der Waals surface area contributed by atoms with E-state index >= 15 is 0 Å². The Morgan fingerprint density at radius 1 is 1.36 bits per heavy atom. The van der Waals surface area contributed by atoms with Gasteiger partial charge in [-0.1, -0.05) is 25.8 Å². The largest absolute Gasteiger partial charge is 0.248 e. The predicted octanol–water partition coefficient (Wildman–Crippen LogP) is 2.77. The van der Waals surface area contributed by atoms with E-state index in [0.717, 1.165) is 0 Å². The summed E-state index contributed by atoms with van der Waals surface area (Å²) in [6, 6.07) is 0.694. The molecule has 0 aromatic carbocycles. The summed E-state index contributed by atoms with van der Waals surface area (Å²) in [7, 11) is 0. The molecule has 0 saturated carbocycles. The molecule has 0 spiro atoms. The zero-order valence-electron chi connectivity index (χ0n) is 8.05. The van der Waals surface area contributed by atoms with Crippen LogP contribution in [0.1, 0.15) is 34.1 Å². The van der Waals surface area contributed by atoms with Gasteiger partial charge in [0, 0.05) is 18.3 Å². The van der Waals surface area contributed by atoms with Gasteiger partial charge in [0.15, 0.2) is 0 Å². The molecule has 1 nitrogen and oxygen atoms in total. The Kier molecular flexibility index (Phi) is 2.87. The maximum Gasteiger partial charge on any atom is 0.0146 e. The SMILES string of the molecule is CC(C)N1CC(C)(C)CCS1. The summed E-state index contributed by atoms with van der Waals surface area (Å²) < 4.78 is 2.50. The smallest absolute Gasteiger partial charge is 0.0146 e. The summed E-state index contributed by atoms with van der Waals surface area (Å²) in [6.45, 7) is 10.5. The van der Waals surface area contributed by atoms with E-state index in [1.165, 1.54) is 18.7 Å². The Morgan fingerprint density at radius 2 is 2.00 bits per heavy atom. The average Bonchev–Trinajstić information content (AvgIpc) is 1.85. The van der Waals surface area contributed by atoms with Crippen molar-refractivity contribution in [3.63, 3.8) is 0 Å². The van der Waals surface area contributed by atoms with Crippen molar-refractivity contribution in [3.8, 4) is 0 Å². The molecule has 1 fully saturated rings. The molecule has 1 aliphatic rings. The monoisotopic (exact) mass is 173 g/mol. The van der Waals surface area contributed by atoms with E-state index in [9.17, 15) is 0 Å². The van der Waals surface area contributed by atoms with Gasteiger partial charge >= 0.3 is 0 Å². The number of hydrogen-bond acceptors (Lipinski definition) is 2. The molecule has 2 heteroatoms. The van der Waals surface area contributed by atoms with Crippen molar-refractivity contribution in [1.29, 1.82) is 0 Å². The fourth-order valence-electron chi connectivity index (χ4n) is 1.32. The fourth-order valence-corrected chi connectivity index (χ4v) is 2.93. The molecule has 0 aromatic heterocycles.